The first-order chi connectivity index (χ1) is 13.2. The van der Waals surface area contributed by atoms with E-state index in [-0.39, 0.29) is 5.54 Å². The summed E-state index contributed by atoms with van der Waals surface area (Å²) in [6, 6.07) is 8.01. The zero-order valence-corrected chi connectivity index (χ0v) is 17.5. The fourth-order valence-corrected chi connectivity index (χ4v) is 8.24. The lowest BCUT2D eigenvalue weighted by Crippen LogP contribution is -2.67. The summed E-state index contributed by atoms with van der Waals surface area (Å²) in [4.78, 5) is 3.20. The number of hydrogen-bond acceptors (Lipinski definition) is 3. The first-order valence-corrected chi connectivity index (χ1v) is 10.8. The van der Waals surface area contributed by atoms with Gasteiger partial charge in [-0.15, -0.1) is 0 Å². The van der Waals surface area contributed by atoms with Gasteiger partial charge in [-0.3, -0.25) is 0 Å². The number of aromatic nitrogens is 1. The van der Waals surface area contributed by atoms with Crippen LogP contribution in [0.1, 0.15) is 59.3 Å². The van der Waals surface area contributed by atoms with Gasteiger partial charge in [-0.2, -0.15) is 0 Å². The second-order valence-corrected chi connectivity index (χ2v) is 11.3. The molecule has 4 bridgehead atoms. The van der Waals surface area contributed by atoms with Crippen molar-refractivity contribution in [3.05, 3.63) is 30.5 Å². The molecule has 0 spiro atoms. The van der Waals surface area contributed by atoms with Gasteiger partial charge in [-0.25, -0.2) is 0 Å². The molecule has 4 nitrogen and oxygen atoms in total. The molecule has 2 aromatic rings. The van der Waals surface area contributed by atoms with Gasteiger partial charge in [-0.05, 0) is 73.0 Å². The van der Waals surface area contributed by atoms with E-state index in [1.807, 2.05) is 30.5 Å². The Labute approximate surface area is 168 Å². The standard InChI is InChI=1S/C24H34N2O2/c1-21-11-22(2)13-23(3,12-21)16-24(14-21,15-22)26-9-17(27)10-28-20-6-4-5-19-18(20)7-8-25-19/h4-8,17,25-27H,9-16H2,1-3H3/t17-,21?,22?,23?,24?/m0/s1. The Balaban J connectivity index is 1.23. The van der Waals surface area contributed by atoms with Crippen molar-refractivity contribution in [2.75, 3.05) is 13.2 Å². The van der Waals surface area contributed by atoms with E-state index in [2.05, 4.69) is 31.1 Å². The Bertz CT molecular complexity index is 834. The first-order valence-electron chi connectivity index (χ1n) is 10.8. The normalized spacial score (nSPS) is 40.1. The van der Waals surface area contributed by atoms with Crippen molar-refractivity contribution < 1.29 is 9.84 Å². The SMILES string of the molecule is CC12CC3(C)CC(C)(C1)CC(NC[C@H](O)COc1cccc4[nH]ccc14)(C2)C3. The highest BCUT2D eigenvalue weighted by molar-refractivity contribution is 5.85. The summed E-state index contributed by atoms with van der Waals surface area (Å²) in [5.41, 5.74) is 2.62. The average Bonchev–Trinajstić information content (AvgIpc) is 3.03. The van der Waals surface area contributed by atoms with Crippen LogP contribution in [0.15, 0.2) is 30.5 Å². The van der Waals surface area contributed by atoms with Gasteiger partial charge in [0.15, 0.2) is 0 Å². The second kappa shape index (κ2) is 5.99. The lowest BCUT2D eigenvalue weighted by Gasteiger charge is -2.69. The van der Waals surface area contributed by atoms with Crippen LogP contribution in [-0.4, -0.2) is 34.9 Å². The maximum atomic E-state index is 10.6. The molecule has 0 radical (unpaired) electrons. The zero-order chi connectivity index (χ0) is 19.6. The summed E-state index contributed by atoms with van der Waals surface area (Å²) in [6.45, 7) is 8.40. The number of β-amino-alcohol motifs (C(OH)–C–C–N with tert-alkyl or cyclic N) is 1. The van der Waals surface area contributed by atoms with Gasteiger partial charge in [0.2, 0.25) is 0 Å². The molecule has 152 valence electrons. The second-order valence-electron chi connectivity index (χ2n) is 11.3. The third-order valence-corrected chi connectivity index (χ3v) is 7.56. The molecule has 28 heavy (non-hydrogen) atoms. The van der Waals surface area contributed by atoms with E-state index < -0.39 is 6.10 Å². The van der Waals surface area contributed by atoms with E-state index in [1.54, 1.807) is 0 Å². The summed E-state index contributed by atoms with van der Waals surface area (Å²) in [6.07, 6.45) is 9.27. The number of benzene rings is 1. The van der Waals surface area contributed by atoms with Crippen LogP contribution in [0.5, 0.6) is 5.75 Å². The van der Waals surface area contributed by atoms with E-state index in [9.17, 15) is 5.11 Å². The number of hydrogen-bond donors (Lipinski definition) is 3. The summed E-state index contributed by atoms with van der Waals surface area (Å²) in [5.74, 6) is 0.833. The topological polar surface area (TPSA) is 57.3 Å². The summed E-state index contributed by atoms with van der Waals surface area (Å²) in [5, 5.41) is 15.5. The minimum atomic E-state index is -0.504. The Hall–Kier alpha value is -1.52. The molecule has 4 heteroatoms. The summed E-state index contributed by atoms with van der Waals surface area (Å²) < 4.78 is 5.96. The smallest absolute Gasteiger partial charge is 0.128 e. The largest absolute Gasteiger partial charge is 0.490 e. The van der Waals surface area contributed by atoms with Crippen LogP contribution in [0.25, 0.3) is 10.9 Å². The van der Waals surface area contributed by atoms with Gasteiger partial charge in [-0.1, -0.05) is 26.8 Å². The number of nitrogens with one attached hydrogen (secondary N) is 2. The maximum Gasteiger partial charge on any atom is 0.128 e. The van der Waals surface area contributed by atoms with Gasteiger partial charge in [0.1, 0.15) is 18.5 Å². The van der Waals surface area contributed by atoms with E-state index in [0.29, 0.717) is 29.4 Å². The Morgan fingerprint density at radius 2 is 1.64 bits per heavy atom. The molecule has 4 saturated carbocycles. The molecule has 1 heterocycles. The molecule has 1 aromatic heterocycles. The van der Waals surface area contributed by atoms with Gasteiger partial charge >= 0.3 is 0 Å². The third kappa shape index (κ3) is 3.15. The van der Waals surface area contributed by atoms with Gasteiger partial charge < -0.3 is 20.1 Å². The van der Waals surface area contributed by atoms with E-state index in [4.69, 9.17) is 4.74 Å². The molecule has 0 saturated heterocycles. The van der Waals surface area contributed by atoms with E-state index in [0.717, 1.165) is 16.7 Å². The predicted octanol–water partition coefficient (Wildman–Crippen LogP) is 4.64. The summed E-state index contributed by atoms with van der Waals surface area (Å²) in [7, 11) is 0. The number of aliphatic hydroxyl groups is 1. The van der Waals surface area contributed by atoms with Crippen molar-refractivity contribution in [1.29, 1.82) is 0 Å². The molecule has 4 aliphatic rings. The molecule has 1 aromatic carbocycles. The molecule has 6 rings (SSSR count). The van der Waals surface area contributed by atoms with Crippen LogP contribution < -0.4 is 10.1 Å². The molecule has 0 amide bonds. The Morgan fingerprint density at radius 1 is 1.00 bits per heavy atom. The fraction of sp³-hybridized carbons (Fsp3) is 0.667. The molecule has 3 N–H and O–H groups in total. The van der Waals surface area contributed by atoms with Crippen LogP contribution in [0.4, 0.5) is 0 Å². The number of ether oxygens (including phenoxy) is 1. The Kier molecular flexibility index (Phi) is 3.96. The van der Waals surface area contributed by atoms with Gasteiger partial charge in [0, 0.05) is 29.2 Å². The van der Waals surface area contributed by atoms with Crippen molar-refractivity contribution in [1.82, 2.24) is 10.3 Å². The van der Waals surface area contributed by atoms with Crippen LogP contribution in [-0.2, 0) is 0 Å². The monoisotopic (exact) mass is 382 g/mol. The molecular formula is C24H34N2O2. The molecule has 0 aliphatic heterocycles. The van der Waals surface area contributed by atoms with Crippen LogP contribution in [0.2, 0.25) is 0 Å². The van der Waals surface area contributed by atoms with Crippen molar-refractivity contribution in [2.45, 2.75) is 70.9 Å². The quantitative estimate of drug-likeness (QED) is 0.682. The summed E-state index contributed by atoms with van der Waals surface area (Å²) >= 11 is 0. The number of aromatic amines is 1. The predicted molar refractivity (Wildman–Crippen MR) is 113 cm³/mol. The van der Waals surface area contributed by atoms with E-state index >= 15 is 0 Å². The maximum absolute atomic E-state index is 10.6. The van der Waals surface area contributed by atoms with Crippen molar-refractivity contribution >= 4 is 10.9 Å². The van der Waals surface area contributed by atoms with Gasteiger partial charge in [0.25, 0.3) is 0 Å². The van der Waals surface area contributed by atoms with Crippen molar-refractivity contribution in [3.8, 4) is 5.75 Å². The highest BCUT2D eigenvalue weighted by Gasteiger charge is 2.63. The van der Waals surface area contributed by atoms with Crippen LogP contribution in [0, 0.1) is 16.2 Å². The lowest BCUT2D eigenvalue weighted by atomic mass is 9.38. The highest BCUT2D eigenvalue weighted by Crippen LogP contribution is 2.70. The fourth-order valence-electron chi connectivity index (χ4n) is 8.24. The molecular weight excluding hydrogens is 348 g/mol. The molecule has 0 unspecified atom stereocenters. The Morgan fingerprint density at radius 3 is 2.29 bits per heavy atom. The number of fused-ring (bicyclic) bond motifs is 1. The first kappa shape index (κ1) is 18.5. The minimum Gasteiger partial charge on any atom is -0.490 e. The number of aliphatic hydroxyl groups excluding tert-OH is 1. The van der Waals surface area contributed by atoms with Crippen LogP contribution >= 0.6 is 0 Å². The average molecular weight is 383 g/mol. The van der Waals surface area contributed by atoms with Gasteiger partial charge in [0.05, 0.1) is 0 Å². The molecule has 1 atom stereocenters. The van der Waals surface area contributed by atoms with Crippen molar-refractivity contribution in [2.24, 2.45) is 16.2 Å². The van der Waals surface area contributed by atoms with E-state index in [1.165, 1.54) is 38.5 Å². The lowest BCUT2D eigenvalue weighted by molar-refractivity contribution is -0.159. The van der Waals surface area contributed by atoms with Crippen molar-refractivity contribution in [3.63, 3.8) is 0 Å². The number of rotatable bonds is 6. The zero-order valence-electron chi connectivity index (χ0n) is 17.5. The molecule has 4 aliphatic carbocycles. The number of H-pyrrole nitrogens is 1. The van der Waals surface area contributed by atoms with Crippen LogP contribution in [0.3, 0.4) is 0 Å². The molecule has 4 fully saturated rings. The minimum absolute atomic E-state index is 0.189. The highest BCUT2D eigenvalue weighted by atomic mass is 16.5. The third-order valence-electron chi connectivity index (χ3n) is 7.56.